The van der Waals surface area contributed by atoms with E-state index in [0.29, 0.717) is 36.6 Å². The summed E-state index contributed by atoms with van der Waals surface area (Å²) >= 11 is 4.00. The second-order valence-electron chi connectivity index (χ2n) is 12.0. The fourth-order valence-electron chi connectivity index (χ4n) is 5.88. The molecule has 2 atom stereocenters. The molecular weight excluding hydrogens is 653 g/mol. The number of hydrogen-bond acceptors (Lipinski definition) is 6. The molecule has 2 heterocycles. The zero-order valence-corrected chi connectivity index (χ0v) is 29.0. The predicted molar refractivity (Wildman–Crippen MR) is 186 cm³/mol. The normalized spacial score (nSPS) is 14.8. The average molecular weight is 694 g/mol. The monoisotopic (exact) mass is 693 g/mol. The number of carbonyl (C=O) groups is 2. The highest BCUT2D eigenvalue weighted by atomic mass is 35.5. The van der Waals surface area contributed by atoms with Crippen LogP contribution in [0.3, 0.4) is 0 Å². The number of anilines is 1. The number of amides is 2. The lowest BCUT2D eigenvalue weighted by molar-refractivity contribution is 0.0544. The molecule has 1 aliphatic heterocycles. The van der Waals surface area contributed by atoms with Crippen molar-refractivity contribution in [3.8, 4) is 5.69 Å². The van der Waals surface area contributed by atoms with E-state index in [0.717, 1.165) is 42.9 Å². The number of aryl methyl sites for hydroxylation is 1. The lowest BCUT2D eigenvalue weighted by Gasteiger charge is -2.36. The van der Waals surface area contributed by atoms with Crippen molar-refractivity contribution in [3.63, 3.8) is 0 Å². The van der Waals surface area contributed by atoms with Crippen molar-refractivity contribution < 1.29 is 23.6 Å². The van der Waals surface area contributed by atoms with Crippen LogP contribution in [0.5, 0.6) is 0 Å². The lowest BCUT2D eigenvalue weighted by Crippen LogP contribution is -2.46. The van der Waals surface area contributed by atoms with Crippen molar-refractivity contribution in [2.75, 3.05) is 24.4 Å². The SMILES string of the molecule is CCCCN(CCCC)C(=O)c1cc(C)n(-c2ccc(N[S+]([O-])c3cc(Cl)ccc3F)cc2C(=O)N2Cc3ccccc3C[C@H]2CO)n1. The molecular formula is C36H41ClFN5O4S. The number of carbonyl (C=O) groups excluding carboxylic acids is 2. The predicted octanol–water partition coefficient (Wildman–Crippen LogP) is 6.71. The molecule has 1 aromatic heterocycles. The van der Waals surface area contributed by atoms with Crippen LogP contribution in [0.2, 0.25) is 5.02 Å². The highest BCUT2D eigenvalue weighted by Gasteiger charge is 2.32. The maximum absolute atomic E-state index is 14.5. The number of aliphatic hydroxyl groups excluding tert-OH is 1. The minimum Gasteiger partial charge on any atom is -0.588 e. The number of unbranched alkanes of at least 4 members (excludes halogenated alkanes) is 2. The fraction of sp³-hybridized carbons (Fsp3) is 0.361. The Morgan fingerprint density at radius 2 is 1.77 bits per heavy atom. The Bertz CT molecular complexity index is 1760. The number of benzene rings is 3. The summed E-state index contributed by atoms with van der Waals surface area (Å²) in [5, 5.41) is 15.3. The molecule has 2 amide bonds. The molecule has 0 aliphatic carbocycles. The second-order valence-corrected chi connectivity index (χ2v) is 13.6. The van der Waals surface area contributed by atoms with Crippen molar-refractivity contribution in [1.82, 2.24) is 19.6 Å². The number of hydrogen-bond donors (Lipinski definition) is 2. The Balaban J connectivity index is 1.55. The zero-order chi connectivity index (χ0) is 34.4. The first-order chi connectivity index (χ1) is 23.1. The maximum atomic E-state index is 14.5. The molecule has 4 aromatic rings. The Kier molecular flexibility index (Phi) is 11.8. The van der Waals surface area contributed by atoms with Gasteiger partial charge < -0.3 is 19.5 Å². The standard InChI is InChI=1S/C36H41ClFN5O4S/c1-4-6-16-41(17-7-5-2)36(46)32-18-24(3)43(39-32)33-15-13-28(40-48(47)34-20-27(37)12-14-31(34)38)21-30(33)35(45)42-22-26-11-9-8-10-25(26)19-29(42)23-44/h8-15,18,20-21,29,40,44H,4-7,16-17,19,22-23H2,1-3H3/t29-,48?/m0/s1. The number of fused-ring (bicyclic) bond motifs is 1. The third-order valence-corrected chi connectivity index (χ3v) is 9.91. The second kappa shape index (κ2) is 16.0. The van der Waals surface area contributed by atoms with E-state index in [1.54, 1.807) is 33.8 Å². The Hall–Kier alpha value is -3.90. The van der Waals surface area contributed by atoms with Crippen LogP contribution in [-0.2, 0) is 24.3 Å². The van der Waals surface area contributed by atoms with Crippen molar-refractivity contribution >= 4 is 40.5 Å². The van der Waals surface area contributed by atoms with E-state index in [2.05, 4.69) is 18.6 Å². The van der Waals surface area contributed by atoms with Gasteiger partial charge in [0.1, 0.15) is 11.4 Å². The van der Waals surface area contributed by atoms with Crippen LogP contribution >= 0.6 is 11.6 Å². The molecule has 0 saturated heterocycles. The minimum absolute atomic E-state index is 0.130. The summed E-state index contributed by atoms with van der Waals surface area (Å²) in [5.41, 5.74) is 3.88. The van der Waals surface area contributed by atoms with Crippen LogP contribution in [0.1, 0.15) is 77.2 Å². The van der Waals surface area contributed by atoms with Gasteiger partial charge in [0.15, 0.2) is 11.5 Å². The summed E-state index contributed by atoms with van der Waals surface area (Å²) in [6.45, 7) is 7.29. The van der Waals surface area contributed by atoms with Gasteiger partial charge in [-0.1, -0.05) is 62.6 Å². The van der Waals surface area contributed by atoms with Gasteiger partial charge in [-0.25, -0.2) is 13.8 Å². The Labute approximate surface area is 289 Å². The van der Waals surface area contributed by atoms with Gasteiger partial charge in [0.2, 0.25) is 4.90 Å². The highest BCUT2D eigenvalue weighted by molar-refractivity contribution is 7.92. The summed E-state index contributed by atoms with van der Waals surface area (Å²) in [7, 11) is 0. The smallest absolute Gasteiger partial charge is 0.274 e. The summed E-state index contributed by atoms with van der Waals surface area (Å²) in [5.74, 6) is -1.23. The summed E-state index contributed by atoms with van der Waals surface area (Å²) < 4.78 is 32.1. The molecule has 5 rings (SSSR count). The van der Waals surface area contributed by atoms with E-state index in [9.17, 15) is 23.6 Å². The van der Waals surface area contributed by atoms with Gasteiger partial charge in [-0.05, 0) is 73.7 Å². The zero-order valence-electron chi connectivity index (χ0n) is 27.4. The van der Waals surface area contributed by atoms with E-state index in [1.165, 1.54) is 12.1 Å². The first-order valence-corrected chi connectivity index (χ1v) is 17.8. The van der Waals surface area contributed by atoms with E-state index in [1.807, 2.05) is 36.1 Å². The third-order valence-electron chi connectivity index (χ3n) is 8.54. The van der Waals surface area contributed by atoms with Crippen LogP contribution in [0.15, 0.2) is 71.6 Å². The molecule has 1 unspecified atom stereocenters. The molecule has 12 heteroatoms. The van der Waals surface area contributed by atoms with Crippen LogP contribution < -0.4 is 4.72 Å². The first-order valence-electron chi connectivity index (χ1n) is 16.3. The largest absolute Gasteiger partial charge is 0.588 e. The van der Waals surface area contributed by atoms with Gasteiger partial charge in [-0.2, -0.15) is 5.10 Å². The van der Waals surface area contributed by atoms with Crippen LogP contribution in [0.4, 0.5) is 10.1 Å². The van der Waals surface area contributed by atoms with Gasteiger partial charge in [-0.15, -0.1) is 0 Å². The quantitative estimate of drug-likeness (QED) is 0.151. The Morgan fingerprint density at radius 1 is 1.06 bits per heavy atom. The number of nitrogens with one attached hydrogen (secondary N) is 1. The van der Waals surface area contributed by atoms with Gasteiger partial charge in [0.05, 0.1) is 29.6 Å². The fourth-order valence-corrected chi connectivity index (χ4v) is 7.04. The van der Waals surface area contributed by atoms with Crippen LogP contribution in [0.25, 0.3) is 5.69 Å². The van der Waals surface area contributed by atoms with E-state index >= 15 is 0 Å². The van der Waals surface area contributed by atoms with Crippen molar-refractivity contribution in [2.45, 2.75) is 70.4 Å². The lowest BCUT2D eigenvalue weighted by atomic mass is 9.93. The van der Waals surface area contributed by atoms with Crippen molar-refractivity contribution in [2.24, 2.45) is 0 Å². The topological polar surface area (TPSA) is 114 Å². The van der Waals surface area contributed by atoms with Crippen molar-refractivity contribution in [1.29, 1.82) is 0 Å². The minimum atomic E-state index is -2.04. The summed E-state index contributed by atoms with van der Waals surface area (Å²) in [6.07, 6.45) is 4.16. The average Bonchev–Trinajstić information content (AvgIpc) is 3.49. The number of nitrogens with zero attached hydrogens (tertiary/aromatic N) is 4. The molecule has 254 valence electrons. The third kappa shape index (κ3) is 7.86. The van der Waals surface area contributed by atoms with Gasteiger partial charge in [0.25, 0.3) is 11.8 Å². The Morgan fingerprint density at radius 3 is 2.46 bits per heavy atom. The van der Waals surface area contributed by atoms with Gasteiger partial charge in [0, 0.05) is 36.4 Å². The number of aliphatic hydroxyl groups is 1. The molecule has 0 radical (unpaired) electrons. The highest BCUT2D eigenvalue weighted by Crippen LogP contribution is 2.30. The van der Waals surface area contributed by atoms with Crippen molar-refractivity contribution in [3.05, 3.63) is 106 Å². The molecule has 9 nitrogen and oxygen atoms in total. The maximum Gasteiger partial charge on any atom is 0.274 e. The number of rotatable bonds is 13. The molecule has 1 aliphatic rings. The molecule has 0 saturated carbocycles. The molecule has 48 heavy (non-hydrogen) atoms. The van der Waals surface area contributed by atoms with E-state index in [-0.39, 0.29) is 46.1 Å². The molecule has 3 aromatic carbocycles. The summed E-state index contributed by atoms with van der Waals surface area (Å²) in [6, 6.07) is 17.7. The number of halogens is 2. The van der Waals surface area contributed by atoms with E-state index < -0.39 is 23.2 Å². The van der Waals surface area contributed by atoms with Crippen LogP contribution in [-0.4, -0.2) is 66.8 Å². The molecule has 0 bridgehead atoms. The molecule has 0 spiro atoms. The molecule has 2 N–H and O–H groups in total. The summed E-state index contributed by atoms with van der Waals surface area (Å²) in [4.78, 5) is 31.5. The first kappa shape index (κ1) is 35.4. The number of aromatic nitrogens is 2. The van der Waals surface area contributed by atoms with E-state index in [4.69, 9.17) is 16.7 Å². The van der Waals surface area contributed by atoms with Crippen LogP contribution in [0, 0.1) is 12.7 Å². The van der Waals surface area contributed by atoms with Gasteiger partial charge >= 0.3 is 0 Å². The molecule has 0 fully saturated rings. The van der Waals surface area contributed by atoms with Gasteiger partial charge in [-0.3, -0.25) is 9.59 Å².